The van der Waals surface area contributed by atoms with E-state index in [0.717, 1.165) is 34.9 Å². The molecule has 0 saturated carbocycles. The van der Waals surface area contributed by atoms with Crippen LogP contribution in [0.5, 0.6) is 11.5 Å². The molecular formula is C30H40N8O3. The fourth-order valence-corrected chi connectivity index (χ4v) is 4.90. The van der Waals surface area contributed by atoms with Gasteiger partial charge in [-0.15, -0.1) is 0 Å². The highest BCUT2D eigenvalue weighted by Crippen LogP contribution is 2.35. The maximum Gasteiger partial charge on any atom is 0.228 e. The number of anilines is 2. The van der Waals surface area contributed by atoms with Gasteiger partial charge in [-0.3, -0.25) is 4.79 Å². The predicted molar refractivity (Wildman–Crippen MR) is 163 cm³/mol. The van der Waals surface area contributed by atoms with Gasteiger partial charge in [-0.05, 0) is 45.9 Å². The second-order valence-electron chi connectivity index (χ2n) is 10.9. The first-order chi connectivity index (χ1) is 19.8. The van der Waals surface area contributed by atoms with Crippen molar-refractivity contribution in [3.8, 4) is 11.5 Å². The van der Waals surface area contributed by atoms with Crippen LogP contribution in [0, 0.1) is 0 Å². The lowest BCUT2D eigenvalue weighted by atomic mass is 10.1. The van der Waals surface area contributed by atoms with Gasteiger partial charge in [0, 0.05) is 67.8 Å². The molecule has 2 aromatic heterocycles. The van der Waals surface area contributed by atoms with Crippen LogP contribution in [0.4, 0.5) is 11.8 Å². The van der Waals surface area contributed by atoms with Gasteiger partial charge in [-0.1, -0.05) is 18.2 Å². The number of fused-ring (bicyclic) bond motifs is 2. The molecule has 11 nitrogen and oxygen atoms in total. The fraction of sp³-hybridized carbons (Fsp3) is 0.433. The average Bonchev–Trinajstić information content (AvgIpc) is 3.35. The van der Waals surface area contributed by atoms with Crippen molar-refractivity contribution in [1.82, 2.24) is 29.7 Å². The Morgan fingerprint density at radius 3 is 2.27 bits per heavy atom. The molecule has 0 atom stereocenters. The Kier molecular flexibility index (Phi) is 8.75. The number of nitrogens with two attached hydrogens (primary N) is 1. The molecule has 1 aliphatic rings. The molecule has 218 valence electrons. The van der Waals surface area contributed by atoms with Crippen LogP contribution in [0.2, 0.25) is 0 Å². The van der Waals surface area contributed by atoms with Gasteiger partial charge >= 0.3 is 0 Å². The molecule has 5 rings (SSSR count). The first-order valence-electron chi connectivity index (χ1n) is 14.0. The second-order valence-corrected chi connectivity index (χ2v) is 10.9. The number of ether oxygens (including phenoxy) is 2. The summed E-state index contributed by atoms with van der Waals surface area (Å²) in [7, 11) is 8.03. The molecule has 3 heterocycles. The molecule has 0 unspecified atom stereocenters. The molecule has 3 N–H and O–H groups in total. The standard InChI is InChI=1S/C30H40N8O3/c1-35(2)13-15-40-26-18-23-25(19-27(26)41-16-14-36(3)4)33-30(34-29(23)31)38-11-9-37(10-12-38)28(39)17-21-20-32-24-8-6-5-7-22(21)24/h5-8,18-20,32H,9-17H2,1-4H3,(H2,31,33,34). The largest absolute Gasteiger partial charge is 0.488 e. The number of aromatic amines is 1. The van der Waals surface area contributed by atoms with Gasteiger partial charge in [0.2, 0.25) is 11.9 Å². The number of aromatic nitrogens is 3. The Morgan fingerprint density at radius 1 is 0.927 bits per heavy atom. The molecule has 0 aliphatic carbocycles. The number of nitrogen functional groups attached to an aromatic ring is 1. The van der Waals surface area contributed by atoms with Gasteiger partial charge in [0.05, 0.1) is 11.9 Å². The van der Waals surface area contributed by atoms with Crippen LogP contribution in [0.3, 0.4) is 0 Å². The van der Waals surface area contributed by atoms with Gasteiger partial charge in [-0.2, -0.15) is 4.98 Å². The van der Waals surface area contributed by atoms with Crippen LogP contribution >= 0.6 is 0 Å². The van der Waals surface area contributed by atoms with Crippen LogP contribution in [0.25, 0.3) is 21.8 Å². The fourth-order valence-electron chi connectivity index (χ4n) is 4.90. The molecule has 0 spiro atoms. The minimum absolute atomic E-state index is 0.120. The van der Waals surface area contributed by atoms with Gasteiger partial charge in [-0.25, -0.2) is 4.98 Å². The highest BCUT2D eigenvalue weighted by Gasteiger charge is 2.24. The molecule has 1 saturated heterocycles. The normalized spacial score (nSPS) is 14.0. The topological polar surface area (TPSA) is 116 Å². The lowest BCUT2D eigenvalue weighted by Gasteiger charge is -2.35. The predicted octanol–water partition coefficient (Wildman–Crippen LogP) is 2.47. The number of benzene rings is 2. The van der Waals surface area contributed by atoms with E-state index in [4.69, 9.17) is 20.2 Å². The van der Waals surface area contributed by atoms with E-state index in [-0.39, 0.29) is 5.91 Å². The summed E-state index contributed by atoms with van der Waals surface area (Å²) in [5.41, 5.74) is 9.21. The van der Waals surface area contributed by atoms with E-state index in [0.29, 0.717) is 74.6 Å². The quantitative estimate of drug-likeness (QED) is 0.285. The number of para-hydroxylation sites is 1. The number of carbonyl (C=O) groups excluding carboxylic acids is 1. The van der Waals surface area contributed by atoms with E-state index in [1.807, 2.05) is 75.7 Å². The van der Waals surface area contributed by atoms with Gasteiger partial charge in [0.1, 0.15) is 19.0 Å². The minimum atomic E-state index is 0.120. The summed E-state index contributed by atoms with van der Waals surface area (Å²) in [4.78, 5) is 34.0. The highest BCUT2D eigenvalue weighted by atomic mass is 16.5. The molecule has 0 radical (unpaired) electrons. The molecule has 11 heteroatoms. The Hall–Kier alpha value is -4.09. The molecular weight excluding hydrogens is 520 g/mol. The molecule has 1 aliphatic heterocycles. The number of hydrogen-bond donors (Lipinski definition) is 2. The first kappa shape index (κ1) is 28.4. The number of hydrogen-bond acceptors (Lipinski definition) is 9. The van der Waals surface area contributed by atoms with Crippen molar-refractivity contribution < 1.29 is 14.3 Å². The maximum atomic E-state index is 13.1. The van der Waals surface area contributed by atoms with Crippen molar-refractivity contribution in [1.29, 1.82) is 0 Å². The van der Waals surface area contributed by atoms with Gasteiger partial charge < -0.3 is 39.8 Å². The number of piperazine rings is 1. The first-order valence-corrected chi connectivity index (χ1v) is 14.0. The summed E-state index contributed by atoms with van der Waals surface area (Å²) in [5, 5.41) is 1.82. The van der Waals surface area contributed by atoms with E-state index in [9.17, 15) is 4.79 Å². The van der Waals surface area contributed by atoms with Crippen LogP contribution in [-0.2, 0) is 11.2 Å². The summed E-state index contributed by atoms with van der Waals surface area (Å²) < 4.78 is 12.2. The van der Waals surface area contributed by atoms with Crippen LogP contribution in [0.15, 0.2) is 42.6 Å². The van der Waals surface area contributed by atoms with Gasteiger partial charge in [0.15, 0.2) is 11.5 Å². The molecule has 4 aromatic rings. The van der Waals surface area contributed by atoms with Crippen molar-refractivity contribution >= 4 is 39.5 Å². The number of H-pyrrole nitrogens is 1. The summed E-state index contributed by atoms with van der Waals surface area (Å²) in [6.07, 6.45) is 2.31. The molecule has 41 heavy (non-hydrogen) atoms. The van der Waals surface area contributed by atoms with Crippen LogP contribution in [0.1, 0.15) is 5.56 Å². The third-order valence-electron chi connectivity index (χ3n) is 7.30. The number of amides is 1. The zero-order valence-corrected chi connectivity index (χ0v) is 24.4. The maximum absolute atomic E-state index is 13.1. The number of nitrogens with zero attached hydrogens (tertiary/aromatic N) is 6. The molecule has 1 amide bonds. The van der Waals surface area contributed by atoms with E-state index in [1.165, 1.54) is 0 Å². The molecule has 2 aromatic carbocycles. The monoisotopic (exact) mass is 560 g/mol. The summed E-state index contributed by atoms with van der Waals surface area (Å²) in [5.74, 6) is 2.33. The number of carbonyl (C=O) groups is 1. The van der Waals surface area contributed by atoms with Crippen molar-refractivity contribution in [2.45, 2.75) is 6.42 Å². The number of nitrogens with one attached hydrogen (secondary N) is 1. The Labute approximate surface area is 240 Å². The minimum Gasteiger partial charge on any atom is -0.488 e. The van der Waals surface area contributed by atoms with Crippen molar-refractivity contribution in [2.75, 3.05) is 91.3 Å². The molecule has 1 fully saturated rings. The Bertz CT molecular complexity index is 1490. The third kappa shape index (κ3) is 6.80. The van der Waals surface area contributed by atoms with E-state index in [2.05, 4.69) is 24.7 Å². The SMILES string of the molecule is CN(C)CCOc1cc2nc(N3CCN(C(=O)Cc4c[nH]c5ccccc45)CC3)nc(N)c2cc1OCCN(C)C. The van der Waals surface area contributed by atoms with Gasteiger partial charge in [0.25, 0.3) is 0 Å². The summed E-state index contributed by atoms with van der Waals surface area (Å²) in [6, 6.07) is 11.8. The number of rotatable bonds is 11. The molecule has 0 bridgehead atoms. The Morgan fingerprint density at radius 2 is 1.59 bits per heavy atom. The van der Waals surface area contributed by atoms with Crippen LogP contribution in [-0.4, -0.2) is 116 Å². The van der Waals surface area contributed by atoms with Crippen molar-refractivity contribution in [3.63, 3.8) is 0 Å². The summed E-state index contributed by atoms with van der Waals surface area (Å²) >= 11 is 0. The lowest BCUT2D eigenvalue weighted by molar-refractivity contribution is -0.130. The number of likely N-dealkylation sites (N-methyl/N-ethyl adjacent to an activating group) is 2. The third-order valence-corrected chi connectivity index (χ3v) is 7.30. The average molecular weight is 561 g/mol. The van der Waals surface area contributed by atoms with Crippen LogP contribution < -0.4 is 20.1 Å². The van der Waals surface area contributed by atoms with E-state index >= 15 is 0 Å². The zero-order chi connectivity index (χ0) is 28.9. The highest BCUT2D eigenvalue weighted by molar-refractivity contribution is 5.92. The van der Waals surface area contributed by atoms with E-state index < -0.39 is 0 Å². The van der Waals surface area contributed by atoms with Crippen molar-refractivity contribution in [2.24, 2.45) is 0 Å². The Balaban J connectivity index is 1.29. The lowest BCUT2D eigenvalue weighted by Crippen LogP contribution is -2.49. The van der Waals surface area contributed by atoms with Crippen molar-refractivity contribution in [3.05, 3.63) is 48.2 Å². The second kappa shape index (κ2) is 12.6. The zero-order valence-electron chi connectivity index (χ0n) is 24.4. The summed E-state index contributed by atoms with van der Waals surface area (Å²) in [6.45, 7) is 5.03. The smallest absolute Gasteiger partial charge is 0.228 e. The van der Waals surface area contributed by atoms with E-state index in [1.54, 1.807) is 0 Å².